The van der Waals surface area contributed by atoms with Crippen LogP contribution in [-0.4, -0.2) is 5.91 Å². The largest absolute Gasteiger partial charge is 0.278 e. The van der Waals surface area contributed by atoms with Crippen molar-refractivity contribution < 1.29 is 4.79 Å². The molecular formula is C22H18BrNO. The minimum atomic E-state index is -0.162. The molecule has 0 N–H and O–H groups in total. The van der Waals surface area contributed by atoms with Gasteiger partial charge < -0.3 is 0 Å². The molecule has 0 aliphatic heterocycles. The Morgan fingerprint density at radius 1 is 0.840 bits per heavy atom. The molecule has 0 radical (unpaired) electrons. The Morgan fingerprint density at radius 2 is 1.28 bits per heavy atom. The van der Waals surface area contributed by atoms with Gasteiger partial charge in [-0.15, -0.1) is 0 Å². The first kappa shape index (κ1) is 17.2. The third-order valence-electron chi connectivity index (χ3n) is 3.99. The van der Waals surface area contributed by atoms with Crippen LogP contribution in [0.5, 0.6) is 0 Å². The van der Waals surface area contributed by atoms with Gasteiger partial charge in [0.15, 0.2) is 0 Å². The summed E-state index contributed by atoms with van der Waals surface area (Å²) in [7, 11) is 0. The maximum absolute atomic E-state index is 12.4. The number of nitrogens with zero attached hydrogens (tertiary/aromatic N) is 1. The van der Waals surface area contributed by atoms with Gasteiger partial charge >= 0.3 is 0 Å². The Balaban J connectivity index is 1.96. The topological polar surface area (TPSA) is 20.3 Å². The first-order valence-electron chi connectivity index (χ1n) is 7.97. The highest BCUT2D eigenvalue weighted by atomic mass is 79.9. The summed E-state index contributed by atoms with van der Waals surface area (Å²) in [5.74, 6) is -0.162. The Hall–Kier alpha value is -2.65. The lowest BCUT2D eigenvalue weighted by Gasteiger charge is -2.22. The highest BCUT2D eigenvalue weighted by Crippen LogP contribution is 2.29. The van der Waals surface area contributed by atoms with Gasteiger partial charge in [-0.1, -0.05) is 64.5 Å². The van der Waals surface area contributed by atoms with Crippen molar-refractivity contribution in [1.29, 1.82) is 0 Å². The summed E-state index contributed by atoms with van der Waals surface area (Å²) >= 11 is 3.42. The summed E-state index contributed by atoms with van der Waals surface area (Å²) in [5.41, 5.74) is 5.12. The lowest BCUT2D eigenvalue weighted by atomic mass is 10.0. The van der Waals surface area contributed by atoms with Crippen LogP contribution in [0.3, 0.4) is 0 Å². The number of anilines is 2. The second-order valence-corrected chi connectivity index (χ2v) is 6.68. The Labute approximate surface area is 156 Å². The third-order valence-corrected chi connectivity index (χ3v) is 4.52. The number of rotatable bonds is 4. The molecule has 25 heavy (non-hydrogen) atoms. The van der Waals surface area contributed by atoms with Crippen molar-refractivity contribution in [2.75, 3.05) is 4.90 Å². The molecule has 0 aromatic heterocycles. The Kier molecular flexibility index (Phi) is 5.15. The van der Waals surface area contributed by atoms with E-state index >= 15 is 0 Å². The summed E-state index contributed by atoms with van der Waals surface area (Å²) in [6, 6.07) is 24.0. The van der Waals surface area contributed by atoms with E-state index in [0.29, 0.717) is 0 Å². The number of carbonyl (C=O) groups excluding carboxylic acids is 1. The molecular weight excluding hydrogens is 374 g/mol. The smallest absolute Gasteiger partial charge is 0.254 e. The summed E-state index contributed by atoms with van der Waals surface area (Å²) in [4.78, 5) is 14.0. The molecule has 0 aliphatic carbocycles. The van der Waals surface area contributed by atoms with Gasteiger partial charge in [-0.05, 0) is 60.5 Å². The SMILES string of the molecule is C=CC(=O)N(c1ccc(Br)cc1)c1ccc(-c2ccc(C)cc2)cc1. The number of aryl methyl sites for hydroxylation is 1. The maximum atomic E-state index is 12.4. The summed E-state index contributed by atoms with van der Waals surface area (Å²) in [6.07, 6.45) is 1.33. The minimum absolute atomic E-state index is 0.162. The monoisotopic (exact) mass is 391 g/mol. The van der Waals surface area contributed by atoms with Crippen LogP contribution in [0.2, 0.25) is 0 Å². The molecule has 0 bridgehead atoms. The quantitative estimate of drug-likeness (QED) is 0.479. The molecule has 0 saturated carbocycles. The second-order valence-electron chi connectivity index (χ2n) is 5.77. The number of hydrogen-bond donors (Lipinski definition) is 0. The molecule has 0 aliphatic rings. The highest BCUT2D eigenvalue weighted by molar-refractivity contribution is 9.10. The van der Waals surface area contributed by atoms with E-state index in [2.05, 4.69) is 53.7 Å². The molecule has 0 saturated heterocycles. The Morgan fingerprint density at radius 3 is 1.76 bits per heavy atom. The van der Waals surface area contributed by atoms with E-state index in [0.717, 1.165) is 27.0 Å². The first-order valence-corrected chi connectivity index (χ1v) is 8.77. The zero-order chi connectivity index (χ0) is 17.8. The molecule has 0 heterocycles. The van der Waals surface area contributed by atoms with Crippen LogP contribution in [0.1, 0.15) is 5.56 Å². The number of benzene rings is 3. The van der Waals surface area contributed by atoms with E-state index in [1.54, 1.807) is 4.90 Å². The lowest BCUT2D eigenvalue weighted by Crippen LogP contribution is -2.23. The summed E-state index contributed by atoms with van der Waals surface area (Å²) < 4.78 is 0.969. The highest BCUT2D eigenvalue weighted by Gasteiger charge is 2.15. The van der Waals surface area contributed by atoms with Crippen molar-refractivity contribution >= 4 is 33.2 Å². The molecule has 2 nitrogen and oxygen atoms in total. The summed E-state index contributed by atoms with van der Waals surface area (Å²) in [6.45, 7) is 5.70. The molecule has 3 heteroatoms. The fraction of sp³-hybridized carbons (Fsp3) is 0.0455. The Bertz CT molecular complexity index is 881. The van der Waals surface area contributed by atoms with E-state index in [9.17, 15) is 4.79 Å². The molecule has 124 valence electrons. The number of halogens is 1. The fourth-order valence-corrected chi connectivity index (χ4v) is 2.90. The van der Waals surface area contributed by atoms with Crippen molar-refractivity contribution in [3.05, 3.63) is 95.5 Å². The zero-order valence-electron chi connectivity index (χ0n) is 13.9. The van der Waals surface area contributed by atoms with Gasteiger partial charge in [0.2, 0.25) is 0 Å². The van der Waals surface area contributed by atoms with Crippen molar-refractivity contribution in [1.82, 2.24) is 0 Å². The van der Waals surface area contributed by atoms with Crippen molar-refractivity contribution in [2.45, 2.75) is 6.92 Å². The van der Waals surface area contributed by atoms with E-state index in [4.69, 9.17) is 0 Å². The molecule has 1 amide bonds. The molecule has 0 atom stereocenters. The van der Waals surface area contributed by atoms with Crippen LogP contribution in [-0.2, 0) is 4.79 Å². The average Bonchev–Trinajstić information content (AvgIpc) is 2.64. The standard InChI is InChI=1S/C22H18BrNO/c1-3-22(25)24(21-14-10-19(23)11-15-21)20-12-8-18(9-13-20)17-6-4-16(2)5-7-17/h3-15H,1H2,2H3. The van der Waals surface area contributed by atoms with Gasteiger partial charge in [0.25, 0.3) is 5.91 Å². The van der Waals surface area contributed by atoms with Crippen LogP contribution < -0.4 is 4.90 Å². The molecule has 0 spiro atoms. The van der Waals surface area contributed by atoms with Crippen LogP contribution >= 0.6 is 15.9 Å². The number of amides is 1. The molecule has 3 rings (SSSR count). The normalized spacial score (nSPS) is 10.3. The lowest BCUT2D eigenvalue weighted by molar-refractivity contribution is -0.113. The van der Waals surface area contributed by atoms with Gasteiger partial charge in [0.05, 0.1) is 0 Å². The van der Waals surface area contributed by atoms with Gasteiger partial charge in [-0.3, -0.25) is 9.69 Å². The van der Waals surface area contributed by atoms with Gasteiger partial charge in [-0.25, -0.2) is 0 Å². The van der Waals surface area contributed by atoms with Crippen LogP contribution in [0, 0.1) is 6.92 Å². The molecule has 3 aromatic carbocycles. The van der Waals surface area contributed by atoms with E-state index in [-0.39, 0.29) is 5.91 Å². The summed E-state index contributed by atoms with van der Waals surface area (Å²) in [5, 5.41) is 0. The van der Waals surface area contributed by atoms with Gasteiger partial charge in [0.1, 0.15) is 0 Å². The fourth-order valence-electron chi connectivity index (χ4n) is 2.63. The van der Waals surface area contributed by atoms with E-state index < -0.39 is 0 Å². The first-order chi connectivity index (χ1) is 12.1. The third kappa shape index (κ3) is 3.89. The van der Waals surface area contributed by atoms with E-state index in [1.807, 2.05) is 48.5 Å². The molecule has 0 unspecified atom stereocenters. The van der Waals surface area contributed by atoms with Crippen molar-refractivity contribution in [3.63, 3.8) is 0 Å². The van der Waals surface area contributed by atoms with Crippen molar-refractivity contribution in [3.8, 4) is 11.1 Å². The predicted molar refractivity (Wildman–Crippen MR) is 108 cm³/mol. The number of carbonyl (C=O) groups is 1. The van der Waals surface area contributed by atoms with E-state index in [1.165, 1.54) is 11.6 Å². The van der Waals surface area contributed by atoms with Crippen molar-refractivity contribution in [2.24, 2.45) is 0 Å². The maximum Gasteiger partial charge on any atom is 0.254 e. The molecule has 0 fully saturated rings. The minimum Gasteiger partial charge on any atom is -0.278 e. The average molecular weight is 392 g/mol. The van der Waals surface area contributed by atoms with Crippen LogP contribution in [0.4, 0.5) is 11.4 Å². The predicted octanol–water partition coefficient (Wildman–Crippen LogP) is 6.28. The van der Waals surface area contributed by atoms with Gasteiger partial charge in [0, 0.05) is 15.8 Å². The van der Waals surface area contributed by atoms with Crippen LogP contribution in [0.25, 0.3) is 11.1 Å². The van der Waals surface area contributed by atoms with Gasteiger partial charge in [-0.2, -0.15) is 0 Å². The second kappa shape index (κ2) is 7.49. The number of hydrogen-bond acceptors (Lipinski definition) is 1. The molecule has 3 aromatic rings. The zero-order valence-corrected chi connectivity index (χ0v) is 15.5. The van der Waals surface area contributed by atoms with Crippen LogP contribution in [0.15, 0.2) is 89.9 Å².